The van der Waals surface area contributed by atoms with Crippen molar-refractivity contribution in [2.75, 3.05) is 95.7 Å². The zero-order valence-corrected chi connectivity index (χ0v) is 61.1. The van der Waals surface area contributed by atoms with Crippen LogP contribution >= 0.6 is 11.6 Å². The molecule has 0 bridgehead atoms. The number of alkyl halides is 3. The number of likely N-dealkylation sites (tertiary alicyclic amines) is 1. The number of fused-ring (bicyclic) bond motifs is 1. The number of amides is 12. The molecule has 29 heteroatoms. The van der Waals surface area contributed by atoms with Crippen LogP contribution in [-0.4, -0.2) is 265 Å². The minimum absolute atomic E-state index is 0.0132. The van der Waals surface area contributed by atoms with Gasteiger partial charge in [-0.1, -0.05) is 96.7 Å². The van der Waals surface area contributed by atoms with E-state index in [2.05, 4.69) is 16.0 Å². The summed E-state index contributed by atoms with van der Waals surface area (Å²) in [5, 5.41) is 8.04. The zero-order chi connectivity index (χ0) is 73.5. The number of hydrogen-bond donors (Lipinski definition) is 3. The SMILES string of the molecule is CC[C@H](C)[C@@H]1NC(=O)[C@H](CC(C)C)N(C)C(=O)C[C@@H](C(=O)N2CCCCC2)N(C)C(=O)[C@H]([C@@H](C)OC)N(C)C(=O)C2(CCCC2)NC(=O)C2CCCN2C(=O)[C@H](CCc2ccc(C(F)(F)F)c(Cl)c2)NC(=O)CN(C)C(=O)[C@H](CC2CCCCC2)N(C)C(=O)CN(C)C(=O)CN(C)C1=O. The minimum Gasteiger partial charge on any atom is -0.379 e. The first-order valence-corrected chi connectivity index (χ1v) is 35.6. The van der Waals surface area contributed by atoms with Crippen molar-refractivity contribution in [3.05, 3.63) is 34.3 Å². The second-order valence-electron chi connectivity index (χ2n) is 28.7. The van der Waals surface area contributed by atoms with Crippen molar-refractivity contribution in [1.29, 1.82) is 0 Å². The molecule has 1 spiro atoms. The lowest BCUT2D eigenvalue weighted by Crippen LogP contribution is -2.66. The maximum absolute atomic E-state index is 15.5. The number of ether oxygens (including phenoxy) is 1. The van der Waals surface area contributed by atoms with Crippen molar-refractivity contribution in [3.63, 3.8) is 0 Å². The summed E-state index contributed by atoms with van der Waals surface area (Å²) in [4.78, 5) is 189. The van der Waals surface area contributed by atoms with Crippen LogP contribution in [0.2, 0.25) is 5.02 Å². The molecule has 9 atom stereocenters. The Balaban J connectivity index is 1.43. The highest BCUT2D eigenvalue weighted by Crippen LogP contribution is 2.37. The molecule has 0 radical (unpaired) electrons. The molecule has 2 aliphatic carbocycles. The fourth-order valence-corrected chi connectivity index (χ4v) is 14.8. The number of piperidine rings is 1. The minimum atomic E-state index is -4.77. The largest absolute Gasteiger partial charge is 0.417 e. The van der Waals surface area contributed by atoms with E-state index in [0.29, 0.717) is 51.6 Å². The van der Waals surface area contributed by atoms with Gasteiger partial charge in [0, 0.05) is 76.1 Å². The number of hydrogen-bond acceptors (Lipinski definition) is 13. The fourth-order valence-electron chi connectivity index (χ4n) is 14.5. The molecule has 3 saturated heterocycles. The molecule has 1 aromatic carbocycles. The third-order valence-corrected chi connectivity index (χ3v) is 21.4. The predicted molar refractivity (Wildman–Crippen MR) is 363 cm³/mol. The van der Waals surface area contributed by atoms with E-state index in [9.17, 15) is 51.5 Å². The van der Waals surface area contributed by atoms with E-state index < -0.39 is 174 Å². The van der Waals surface area contributed by atoms with Gasteiger partial charge in [-0.15, -0.1) is 0 Å². The van der Waals surface area contributed by atoms with Crippen LogP contribution in [0.1, 0.15) is 168 Å². The normalized spacial score (nSPS) is 26.3. The Morgan fingerprint density at radius 2 is 1.26 bits per heavy atom. The number of carbonyl (C=O) groups excluding carboxylic acids is 12. The Morgan fingerprint density at radius 3 is 1.86 bits per heavy atom. The Hall–Kier alpha value is -7.10. The molecule has 554 valence electrons. The number of aryl methyl sites for hydroxylation is 1. The average Bonchev–Trinajstić information content (AvgIpc) is 1.77. The molecule has 2 saturated carbocycles. The first-order chi connectivity index (χ1) is 46.6. The number of methoxy groups -OCH3 is 1. The first kappa shape index (κ1) is 80.9. The highest BCUT2D eigenvalue weighted by atomic mass is 35.5. The van der Waals surface area contributed by atoms with Gasteiger partial charge in [0.2, 0.25) is 70.9 Å². The summed E-state index contributed by atoms with van der Waals surface area (Å²) in [6.45, 7) is 7.83. The molecule has 0 aromatic heterocycles. The van der Waals surface area contributed by atoms with Gasteiger partial charge in [-0.2, -0.15) is 13.2 Å². The molecule has 3 heterocycles. The maximum atomic E-state index is 15.5. The van der Waals surface area contributed by atoms with Crippen LogP contribution in [0.4, 0.5) is 13.2 Å². The van der Waals surface area contributed by atoms with E-state index >= 15 is 19.2 Å². The van der Waals surface area contributed by atoms with Gasteiger partial charge in [-0.05, 0) is 113 Å². The van der Waals surface area contributed by atoms with Crippen molar-refractivity contribution in [3.8, 4) is 0 Å². The summed E-state index contributed by atoms with van der Waals surface area (Å²) in [6, 6.07) is -6.02. The average molecular weight is 1420 g/mol. The van der Waals surface area contributed by atoms with E-state index in [4.69, 9.17) is 16.3 Å². The second kappa shape index (κ2) is 36.0. The van der Waals surface area contributed by atoms with Crippen LogP contribution in [0.3, 0.4) is 0 Å². The molecule has 5 fully saturated rings. The number of halogens is 4. The van der Waals surface area contributed by atoms with Gasteiger partial charge >= 0.3 is 6.18 Å². The van der Waals surface area contributed by atoms with Crippen LogP contribution in [0.5, 0.6) is 0 Å². The number of carbonyl (C=O) groups is 12. The molecule has 6 rings (SSSR count). The quantitative estimate of drug-likeness (QED) is 0.252. The fraction of sp³-hybridized carbons (Fsp3) is 0.743. The molecule has 12 amide bonds. The first-order valence-electron chi connectivity index (χ1n) is 35.3. The topological polar surface area (TPSA) is 279 Å². The Bertz CT molecular complexity index is 3070. The van der Waals surface area contributed by atoms with Gasteiger partial charge in [-0.3, -0.25) is 57.5 Å². The van der Waals surface area contributed by atoms with Crippen molar-refractivity contribution >= 4 is 82.5 Å². The van der Waals surface area contributed by atoms with E-state index in [-0.39, 0.29) is 68.9 Å². The summed E-state index contributed by atoms with van der Waals surface area (Å²) in [5.74, 6) is -8.90. The van der Waals surface area contributed by atoms with Crippen LogP contribution < -0.4 is 16.0 Å². The number of nitrogens with one attached hydrogen (secondary N) is 3. The van der Waals surface area contributed by atoms with Gasteiger partial charge in [0.15, 0.2) is 0 Å². The van der Waals surface area contributed by atoms with Gasteiger partial charge in [0.1, 0.15) is 47.8 Å². The molecule has 1 unspecified atom stereocenters. The molecule has 3 aliphatic heterocycles. The number of likely N-dealkylation sites (N-methyl/N-ethyl adjacent to an activating group) is 7. The Kier molecular flexibility index (Phi) is 29.4. The lowest BCUT2D eigenvalue weighted by Gasteiger charge is -2.42. The summed E-state index contributed by atoms with van der Waals surface area (Å²) in [6.07, 6.45) is 2.07. The maximum Gasteiger partial charge on any atom is 0.417 e. The van der Waals surface area contributed by atoms with Gasteiger partial charge in [0.05, 0.1) is 42.7 Å². The monoisotopic (exact) mass is 1420 g/mol. The summed E-state index contributed by atoms with van der Waals surface area (Å²) in [7, 11) is 11.1. The number of nitrogens with zero attached hydrogens (tertiary/aromatic N) is 9. The van der Waals surface area contributed by atoms with Crippen LogP contribution in [0.15, 0.2) is 18.2 Å². The van der Waals surface area contributed by atoms with Crippen LogP contribution in [0, 0.1) is 17.8 Å². The number of rotatable bonds is 12. The lowest BCUT2D eigenvalue weighted by molar-refractivity contribution is -0.158. The third-order valence-electron chi connectivity index (χ3n) is 21.1. The van der Waals surface area contributed by atoms with E-state index in [1.165, 1.54) is 82.1 Å². The number of benzene rings is 1. The lowest BCUT2D eigenvalue weighted by atomic mass is 9.84. The smallest absolute Gasteiger partial charge is 0.379 e. The highest BCUT2D eigenvalue weighted by Gasteiger charge is 2.51. The van der Waals surface area contributed by atoms with Crippen molar-refractivity contribution < 1.29 is 75.4 Å². The summed E-state index contributed by atoms with van der Waals surface area (Å²) >= 11 is 6.14. The predicted octanol–water partition coefficient (Wildman–Crippen LogP) is 4.88. The third kappa shape index (κ3) is 20.6. The summed E-state index contributed by atoms with van der Waals surface area (Å²) < 4.78 is 47.4. The van der Waals surface area contributed by atoms with Crippen LogP contribution in [0.25, 0.3) is 0 Å². The second-order valence-corrected chi connectivity index (χ2v) is 29.1. The van der Waals surface area contributed by atoms with E-state index in [1.807, 2.05) is 20.8 Å². The Labute approximate surface area is 586 Å². The standard InChI is InChI=1S/C70H108ClF3N12O13/c1-14-44(4)59-66(96)80(8)41-57(89)78(6)42-58(90)82(10)53(38-46-24-17-15-18-25-46)64(94)79(7)40-55(87)75-50(30-28-47-27-29-48(49(71)37-47)70(72,73)74)63(93)86-35-23-26-51(86)62(92)77-69(31-19-20-32-69)68(98)84(12)60(45(5)99-13)67(97)83(11)54(65(95)85-33-21-16-22-34-85)39-56(88)81(9)52(36-43(2)3)61(91)76-59/h27,29,37,43-46,50-54,59-60H,14-26,28,30-36,38-42H2,1-13H3,(H,75,87)(H,76,91)(H,77,92)/t44-,45+,50-,51?,52-,53-,54-,59-,60-/m0/s1. The van der Waals surface area contributed by atoms with Crippen molar-refractivity contribution in [1.82, 2.24) is 60.0 Å². The van der Waals surface area contributed by atoms with E-state index in [1.54, 1.807) is 18.7 Å². The van der Waals surface area contributed by atoms with E-state index in [0.717, 1.165) is 70.3 Å². The zero-order valence-electron chi connectivity index (χ0n) is 60.3. The molecule has 25 nitrogen and oxygen atoms in total. The summed E-state index contributed by atoms with van der Waals surface area (Å²) in [5.41, 5.74) is -2.43. The molecule has 5 aliphatic rings. The van der Waals surface area contributed by atoms with Gasteiger partial charge < -0.3 is 64.8 Å². The molecular formula is C70H108ClF3N12O13. The van der Waals surface area contributed by atoms with Gasteiger partial charge in [0.25, 0.3) is 0 Å². The van der Waals surface area contributed by atoms with Crippen molar-refractivity contribution in [2.24, 2.45) is 17.8 Å². The Morgan fingerprint density at radius 1 is 0.657 bits per heavy atom. The van der Waals surface area contributed by atoms with Crippen molar-refractivity contribution in [2.45, 2.75) is 223 Å². The van der Waals surface area contributed by atoms with Crippen LogP contribution in [-0.2, 0) is 74.9 Å². The van der Waals surface area contributed by atoms with Gasteiger partial charge in [-0.25, -0.2) is 0 Å². The molecular weight excluding hydrogens is 1310 g/mol. The molecule has 1 aromatic rings. The highest BCUT2D eigenvalue weighted by molar-refractivity contribution is 6.31. The molecule has 99 heavy (non-hydrogen) atoms. The molecule has 3 N–H and O–H groups in total.